The van der Waals surface area contributed by atoms with Crippen LogP contribution in [0.5, 0.6) is 0 Å². The molecule has 0 amide bonds. The standard InChI is InChI=1S/C9H14O3/c1-5-6-7(9(2,3)4)12-8(10)11-6/h5H2,1-4H3. The molecule has 1 aromatic heterocycles. The van der Waals surface area contributed by atoms with E-state index in [9.17, 15) is 4.79 Å². The smallest absolute Gasteiger partial charge is 0.396 e. The maximum Gasteiger partial charge on any atom is 0.519 e. The van der Waals surface area contributed by atoms with Crippen molar-refractivity contribution in [1.29, 1.82) is 0 Å². The van der Waals surface area contributed by atoms with E-state index in [1.54, 1.807) is 0 Å². The molecule has 0 unspecified atom stereocenters. The molecule has 1 heterocycles. The van der Waals surface area contributed by atoms with Crippen molar-refractivity contribution in [2.45, 2.75) is 39.5 Å². The van der Waals surface area contributed by atoms with E-state index < -0.39 is 5.82 Å². The molecule has 0 radical (unpaired) electrons. The average Bonchev–Trinajstić information content (AvgIpc) is 2.29. The Kier molecular flexibility index (Phi) is 2.13. The van der Waals surface area contributed by atoms with Gasteiger partial charge in [0.15, 0.2) is 5.76 Å². The second kappa shape index (κ2) is 2.81. The highest BCUT2D eigenvalue weighted by Gasteiger charge is 2.24. The lowest BCUT2D eigenvalue weighted by Gasteiger charge is -2.14. The molecule has 1 rings (SSSR count). The van der Waals surface area contributed by atoms with Crippen molar-refractivity contribution in [3.63, 3.8) is 0 Å². The van der Waals surface area contributed by atoms with Crippen LogP contribution >= 0.6 is 0 Å². The van der Waals surface area contributed by atoms with Gasteiger partial charge >= 0.3 is 5.82 Å². The Balaban J connectivity index is 3.23. The van der Waals surface area contributed by atoms with Crippen LogP contribution in [0.4, 0.5) is 0 Å². The highest BCUT2D eigenvalue weighted by Crippen LogP contribution is 2.24. The van der Waals surface area contributed by atoms with Gasteiger partial charge in [-0.15, -0.1) is 0 Å². The minimum absolute atomic E-state index is 0.155. The zero-order valence-corrected chi connectivity index (χ0v) is 7.93. The van der Waals surface area contributed by atoms with E-state index in [4.69, 9.17) is 8.83 Å². The molecule has 0 aliphatic rings. The van der Waals surface area contributed by atoms with Gasteiger partial charge in [0.1, 0.15) is 5.76 Å². The predicted octanol–water partition coefficient (Wildman–Crippen LogP) is 2.09. The van der Waals surface area contributed by atoms with E-state index in [0.717, 1.165) is 0 Å². The zero-order chi connectivity index (χ0) is 9.35. The Labute approximate surface area is 71.4 Å². The van der Waals surface area contributed by atoms with Gasteiger partial charge in [0.25, 0.3) is 0 Å². The monoisotopic (exact) mass is 170 g/mol. The SMILES string of the molecule is CCc1oc(=O)oc1C(C)(C)C. The summed E-state index contributed by atoms with van der Waals surface area (Å²) in [5.41, 5.74) is -0.155. The first kappa shape index (κ1) is 9.10. The molecule has 3 nitrogen and oxygen atoms in total. The summed E-state index contributed by atoms with van der Waals surface area (Å²) in [6.45, 7) is 7.89. The Morgan fingerprint density at radius 1 is 1.25 bits per heavy atom. The van der Waals surface area contributed by atoms with Crippen molar-refractivity contribution < 1.29 is 8.83 Å². The average molecular weight is 170 g/mol. The highest BCUT2D eigenvalue weighted by molar-refractivity contribution is 5.12. The van der Waals surface area contributed by atoms with E-state index in [1.807, 2.05) is 27.7 Å². The maximum absolute atomic E-state index is 10.8. The molecule has 0 bridgehead atoms. The van der Waals surface area contributed by atoms with Crippen molar-refractivity contribution in [1.82, 2.24) is 0 Å². The van der Waals surface area contributed by atoms with Gasteiger partial charge < -0.3 is 8.83 Å². The van der Waals surface area contributed by atoms with Gasteiger partial charge in [0, 0.05) is 11.8 Å². The highest BCUT2D eigenvalue weighted by atomic mass is 16.6. The molecular formula is C9H14O3. The lowest BCUT2D eigenvalue weighted by molar-refractivity contribution is 0.344. The van der Waals surface area contributed by atoms with Gasteiger partial charge in [-0.05, 0) is 0 Å². The molecule has 0 aliphatic heterocycles. The largest absolute Gasteiger partial charge is 0.519 e. The third kappa shape index (κ3) is 1.60. The third-order valence-corrected chi connectivity index (χ3v) is 1.65. The van der Waals surface area contributed by atoms with Crippen molar-refractivity contribution in [3.8, 4) is 0 Å². The number of hydrogen-bond donors (Lipinski definition) is 0. The lowest BCUT2D eigenvalue weighted by Crippen LogP contribution is -2.12. The lowest BCUT2D eigenvalue weighted by atomic mass is 9.92. The normalized spacial score (nSPS) is 12.0. The van der Waals surface area contributed by atoms with Crippen molar-refractivity contribution in [2.75, 3.05) is 0 Å². The summed E-state index contributed by atoms with van der Waals surface area (Å²) in [6.07, 6.45) is 0.693. The van der Waals surface area contributed by atoms with E-state index in [-0.39, 0.29) is 5.41 Å². The van der Waals surface area contributed by atoms with Crippen LogP contribution in [0.3, 0.4) is 0 Å². The van der Waals surface area contributed by atoms with Crippen LogP contribution in [0.1, 0.15) is 39.2 Å². The predicted molar refractivity (Wildman–Crippen MR) is 45.3 cm³/mol. The number of hydrogen-bond acceptors (Lipinski definition) is 3. The van der Waals surface area contributed by atoms with Crippen molar-refractivity contribution in [3.05, 3.63) is 22.1 Å². The Hall–Kier alpha value is -0.990. The first-order valence-corrected chi connectivity index (χ1v) is 4.08. The van der Waals surface area contributed by atoms with Crippen molar-refractivity contribution >= 4 is 0 Å². The van der Waals surface area contributed by atoms with E-state index in [0.29, 0.717) is 17.9 Å². The summed E-state index contributed by atoms with van der Waals surface area (Å²) in [7, 11) is 0. The second-order valence-corrected chi connectivity index (χ2v) is 3.81. The fourth-order valence-electron chi connectivity index (χ4n) is 1.11. The Morgan fingerprint density at radius 2 is 1.83 bits per heavy atom. The molecule has 0 saturated carbocycles. The van der Waals surface area contributed by atoms with E-state index >= 15 is 0 Å². The minimum atomic E-state index is -0.600. The first-order chi connectivity index (χ1) is 5.45. The summed E-state index contributed by atoms with van der Waals surface area (Å²) < 4.78 is 9.82. The number of aryl methyl sites for hydroxylation is 1. The number of rotatable bonds is 1. The molecule has 0 spiro atoms. The summed E-state index contributed by atoms with van der Waals surface area (Å²) in [5.74, 6) is 0.722. The van der Waals surface area contributed by atoms with Crippen LogP contribution < -0.4 is 5.82 Å². The molecule has 3 heteroatoms. The first-order valence-electron chi connectivity index (χ1n) is 4.08. The quantitative estimate of drug-likeness (QED) is 0.648. The topological polar surface area (TPSA) is 43.4 Å². The molecule has 1 aromatic rings. The molecule has 0 aliphatic carbocycles. The van der Waals surface area contributed by atoms with E-state index in [2.05, 4.69) is 0 Å². The molecule has 68 valence electrons. The summed E-state index contributed by atoms with van der Waals surface area (Å²) in [6, 6.07) is 0. The maximum atomic E-state index is 10.8. The van der Waals surface area contributed by atoms with Crippen LogP contribution in [0.2, 0.25) is 0 Å². The molecule has 0 aromatic carbocycles. The third-order valence-electron chi connectivity index (χ3n) is 1.65. The van der Waals surface area contributed by atoms with Crippen LogP contribution in [-0.2, 0) is 11.8 Å². The van der Waals surface area contributed by atoms with Gasteiger partial charge in [0.05, 0.1) is 0 Å². The zero-order valence-electron chi connectivity index (χ0n) is 7.93. The summed E-state index contributed by atoms with van der Waals surface area (Å²) in [5, 5.41) is 0. The van der Waals surface area contributed by atoms with Crippen molar-refractivity contribution in [2.24, 2.45) is 0 Å². The summed E-state index contributed by atoms with van der Waals surface area (Å²) in [4.78, 5) is 10.8. The Bertz CT molecular complexity index is 311. The second-order valence-electron chi connectivity index (χ2n) is 3.81. The van der Waals surface area contributed by atoms with Crippen LogP contribution in [0.15, 0.2) is 13.6 Å². The van der Waals surface area contributed by atoms with E-state index in [1.165, 1.54) is 0 Å². The molecule has 0 fully saturated rings. The minimum Gasteiger partial charge on any atom is -0.396 e. The molecule has 0 atom stereocenters. The van der Waals surface area contributed by atoms with Gasteiger partial charge in [-0.3, -0.25) is 0 Å². The van der Waals surface area contributed by atoms with Gasteiger partial charge in [-0.25, -0.2) is 4.79 Å². The van der Waals surface area contributed by atoms with Crippen LogP contribution in [-0.4, -0.2) is 0 Å². The molecule has 0 N–H and O–H groups in total. The fraction of sp³-hybridized carbons (Fsp3) is 0.667. The van der Waals surface area contributed by atoms with Gasteiger partial charge in [-0.1, -0.05) is 27.7 Å². The molecule has 0 saturated heterocycles. The van der Waals surface area contributed by atoms with Gasteiger partial charge in [-0.2, -0.15) is 0 Å². The Morgan fingerprint density at radius 3 is 2.17 bits per heavy atom. The van der Waals surface area contributed by atoms with Gasteiger partial charge in [0.2, 0.25) is 0 Å². The van der Waals surface area contributed by atoms with Crippen LogP contribution in [0.25, 0.3) is 0 Å². The van der Waals surface area contributed by atoms with Crippen LogP contribution in [0, 0.1) is 0 Å². The molecular weight excluding hydrogens is 156 g/mol. The summed E-state index contributed by atoms with van der Waals surface area (Å²) >= 11 is 0. The molecule has 12 heavy (non-hydrogen) atoms. The fourth-order valence-corrected chi connectivity index (χ4v) is 1.11.